The van der Waals surface area contributed by atoms with Crippen molar-refractivity contribution in [3.05, 3.63) is 70.6 Å². The van der Waals surface area contributed by atoms with Gasteiger partial charge in [-0.3, -0.25) is 9.59 Å². The quantitative estimate of drug-likeness (QED) is 0.662. The second kappa shape index (κ2) is 8.59. The molecule has 0 radical (unpaired) electrons. The number of amides is 2. The van der Waals surface area contributed by atoms with Crippen LogP contribution in [0.5, 0.6) is 0 Å². The van der Waals surface area contributed by atoms with E-state index in [-0.39, 0.29) is 11.8 Å². The minimum atomic E-state index is -0.790. The van der Waals surface area contributed by atoms with E-state index >= 15 is 0 Å². The Kier molecular flexibility index (Phi) is 5.87. The maximum atomic E-state index is 13.2. The molecule has 1 saturated heterocycles. The summed E-state index contributed by atoms with van der Waals surface area (Å²) in [6.07, 6.45) is 3.48. The fourth-order valence-electron chi connectivity index (χ4n) is 4.37. The standard InChI is InChI=1S/C24H26N4O2S/c1-16-20(14-26-17(2)27-16)22(29)28-10-5-9-24(15-28,23(25)30)13-18-6-3-7-19(12-18)21-8-4-11-31-21/h3-4,6-8,11-12,14H,5,9-10,13,15H2,1-2H3,(H2,25,30)/t24-/m0/s1. The summed E-state index contributed by atoms with van der Waals surface area (Å²) in [5.74, 6) is 0.128. The number of carbonyl (C=O) groups excluding carboxylic acids is 2. The summed E-state index contributed by atoms with van der Waals surface area (Å²) in [4.78, 5) is 37.3. The maximum Gasteiger partial charge on any atom is 0.257 e. The first-order chi connectivity index (χ1) is 14.9. The summed E-state index contributed by atoms with van der Waals surface area (Å²) in [6, 6.07) is 12.3. The molecular formula is C24H26N4O2S. The lowest BCUT2D eigenvalue weighted by atomic mass is 9.74. The second-order valence-electron chi connectivity index (χ2n) is 8.25. The van der Waals surface area contributed by atoms with E-state index in [2.05, 4.69) is 28.2 Å². The van der Waals surface area contributed by atoms with Crippen LogP contribution in [-0.4, -0.2) is 39.8 Å². The lowest BCUT2D eigenvalue weighted by molar-refractivity contribution is -0.130. The van der Waals surface area contributed by atoms with Crippen molar-refractivity contribution < 1.29 is 9.59 Å². The van der Waals surface area contributed by atoms with Crippen LogP contribution in [0.2, 0.25) is 0 Å². The molecule has 6 nitrogen and oxygen atoms in total. The predicted octanol–water partition coefficient (Wildman–Crippen LogP) is 3.77. The molecule has 0 spiro atoms. The molecule has 1 aliphatic heterocycles. The molecule has 2 aromatic heterocycles. The second-order valence-corrected chi connectivity index (χ2v) is 9.19. The van der Waals surface area contributed by atoms with Gasteiger partial charge >= 0.3 is 0 Å². The highest BCUT2D eigenvalue weighted by molar-refractivity contribution is 7.13. The highest BCUT2D eigenvalue weighted by atomic mass is 32.1. The Bertz CT molecular complexity index is 1110. The van der Waals surface area contributed by atoms with Crippen LogP contribution in [0.1, 0.15) is 40.3 Å². The fourth-order valence-corrected chi connectivity index (χ4v) is 5.09. The number of aryl methyl sites for hydroxylation is 2. The van der Waals surface area contributed by atoms with E-state index in [0.29, 0.717) is 43.0 Å². The highest BCUT2D eigenvalue weighted by Gasteiger charge is 2.42. The van der Waals surface area contributed by atoms with Crippen LogP contribution in [0.15, 0.2) is 48.0 Å². The molecule has 7 heteroatoms. The maximum absolute atomic E-state index is 13.2. The molecule has 160 valence electrons. The Morgan fingerprint density at radius 1 is 1.23 bits per heavy atom. The molecule has 1 aromatic carbocycles. The van der Waals surface area contributed by atoms with Gasteiger partial charge in [-0.15, -0.1) is 11.3 Å². The summed E-state index contributed by atoms with van der Waals surface area (Å²) < 4.78 is 0. The van der Waals surface area contributed by atoms with Crippen LogP contribution in [0.3, 0.4) is 0 Å². The Labute approximate surface area is 186 Å². The molecule has 3 aromatic rings. The van der Waals surface area contributed by atoms with Crippen molar-refractivity contribution in [2.75, 3.05) is 13.1 Å². The van der Waals surface area contributed by atoms with E-state index in [0.717, 1.165) is 17.5 Å². The number of primary amides is 1. The monoisotopic (exact) mass is 434 g/mol. The van der Waals surface area contributed by atoms with Crippen LogP contribution < -0.4 is 5.73 Å². The van der Waals surface area contributed by atoms with E-state index in [1.54, 1.807) is 29.4 Å². The zero-order valence-electron chi connectivity index (χ0n) is 17.8. The van der Waals surface area contributed by atoms with Crippen molar-refractivity contribution >= 4 is 23.2 Å². The third kappa shape index (κ3) is 4.37. The largest absolute Gasteiger partial charge is 0.369 e. The van der Waals surface area contributed by atoms with Gasteiger partial charge in [0, 0.05) is 24.2 Å². The molecular weight excluding hydrogens is 408 g/mol. The van der Waals surface area contributed by atoms with E-state index < -0.39 is 5.41 Å². The first-order valence-corrected chi connectivity index (χ1v) is 11.3. The summed E-state index contributed by atoms with van der Waals surface area (Å²) >= 11 is 1.68. The average Bonchev–Trinajstić information content (AvgIpc) is 3.29. The van der Waals surface area contributed by atoms with Crippen LogP contribution in [-0.2, 0) is 11.2 Å². The topological polar surface area (TPSA) is 89.2 Å². The summed E-state index contributed by atoms with van der Waals surface area (Å²) in [6.45, 7) is 4.50. The molecule has 1 aliphatic rings. The normalized spacial score (nSPS) is 18.7. The number of likely N-dealkylation sites (tertiary alicyclic amines) is 1. The van der Waals surface area contributed by atoms with Crippen LogP contribution in [0, 0.1) is 19.3 Å². The van der Waals surface area contributed by atoms with Gasteiger partial charge in [0.05, 0.1) is 16.7 Å². The van der Waals surface area contributed by atoms with Crippen LogP contribution in [0.25, 0.3) is 10.4 Å². The number of thiophene rings is 1. The lowest BCUT2D eigenvalue weighted by Crippen LogP contribution is -2.53. The van der Waals surface area contributed by atoms with Gasteiger partial charge in [-0.05, 0) is 55.7 Å². The first kappa shape index (κ1) is 21.2. The van der Waals surface area contributed by atoms with Gasteiger partial charge in [-0.1, -0.05) is 30.3 Å². The van der Waals surface area contributed by atoms with E-state index in [9.17, 15) is 9.59 Å². The molecule has 2 N–H and O–H groups in total. The van der Waals surface area contributed by atoms with Gasteiger partial charge in [-0.2, -0.15) is 0 Å². The van der Waals surface area contributed by atoms with Crippen molar-refractivity contribution in [3.8, 4) is 10.4 Å². The van der Waals surface area contributed by atoms with Gasteiger partial charge < -0.3 is 10.6 Å². The predicted molar refractivity (Wildman–Crippen MR) is 122 cm³/mol. The minimum Gasteiger partial charge on any atom is -0.369 e. The van der Waals surface area contributed by atoms with Gasteiger partial charge in [0.15, 0.2) is 0 Å². The molecule has 31 heavy (non-hydrogen) atoms. The molecule has 1 atom stereocenters. The van der Waals surface area contributed by atoms with Gasteiger partial charge in [-0.25, -0.2) is 9.97 Å². The average molecular weight is 435 g/mol. The Morgan fingerprint density at radius 3 is 2.77 bits per heavy atom. The molecule has 1 fully saturated rings. The number of carbonyl (C=O) groups is 2. The van der Waals surface area contributed by atoms with Crippen LogP contribution >= 0.6 is 11.3 Å². The number of aromatic nitrogens is 2. The Hall–Kier alpha value is -3.06. The number of hydrogen-bond donors (Lipinski definition) is 1. The number of hydrogen-bond acceptors (Lipinski definition) is 5. The van der Waals surface area contributed by atoms with E-state index in [1.165, 1.54) is 4.88 Å². The zero-order chi connectivity index (χ0) is 22.0. The minimum absolute atomic E-state index is 0.143. The van der Waals surface area contributed by atoms with Crippen molar-refractivity contribution in [1.29, 1.82) is 0 Å². The van der Waals surface area contributed by atoms with Gasteiger partial charge in [0.1, 0.15) is 5.82 Å². The van der Waals surface area contributed by atoms with Gasteiger partial charge in [0.2, 0.25) is 5.91 Å². The highest BCUT2D eigenvalue weighted by Crippen LogP contribution is 2.35. The summed E-state index contributed by atoms with van der Waals surface area (Å²) in [5, 5.41) is 2.05. The number of nitrogens with two attached hydrogens (primary N) is 1. The third-order valence-corrected chi connectivity index (χ3v) is 6.91. The van der Waals surface area contributed by atoms with Crippen molar-refractivity contribution in [2.45, 2.75) is 33.1 Å². The van der Waals surface area contributed by atoms with Crippen molar-refractivity contribution in [1.82, 2.24) is 14.9 Å². The molecule has 0 bridgehead atoms. The Balaban J connectivity index is 1.60. The summed E-state index contributed by atoms with van der Waals surface area (Å²) in [5.41, 5.74) is 8.45. The molecule has 0 aliphatic carbocycles. The number of rotatable bonds is 5. The van der Waals surface area contributed by atoms with Gasteiger partial charge in [0.25, 0.3) is 5.91 Å². The number of nitrogens with zero attached hydrogens (tertiary/aromatic N) is 3. The fraction of sp³-hybridized carbons (Fsp3) is 0.333. The number of benzene rings is 1. The lowest BCUT2D eigenvalue weighted by Gasteiger charge is -2.41. The first-order valence-electron chi connectivity index (χ1n) is 10.4. The smallest absolute Gasteiger partial charge is 0.257 e. The SMILES string of the molecule is Cc1ncc(C(=O)N2CCC[C@@](Cc3cccc(-c4cccs4)c3)(C(N)=O)C2)c(C)n1. The molecule has 0 saturated carbocycles. The molecule has 3 heterocycles. The Morgan fingerprint density at radius 2 is 2.06 bits per heavy atom. The molecule has 4 rings (SSSR count). The third-order valence-electron chi connectivity index (χ3n) is 5.99. The van der Waals surface area contributed by atoms with Crippen molar-refractivity contribution in [2.24, 2.45) is 11.1 Å². The molecule has 0 unspecified atom stereocenters. The van der Waals surface area contributed by atoms with Crippen molar-refractivity contribution in [3.63, 3.8) is 0 Å². The van der Waals surface area contributed by atoms with E-state index in [4.69, 9.17) is 5.73 Å². The zero-order valence-corrected chi connectivity index (χ0v) is 18.6. The van der Waals surface area contributed by atoms with Crippen LogP contribution in [0.4, 0.5) is 0 Å². The van der Waals surface area contributed by atoms with E-state index in [1.807, 2.05) is 30.5 Å². The number of piperidine rings is 1. The summed E-state index contributed by atoms with van der Waals surface area (Å²) in [7, 11) is 0. The molecule has 2 amide bonds.